The second kappa shape index (κ2) is 8.88. The minimum absolute atomic E-state index is 0.190. The van der Waals surface area contributed by atoms with E-state index in [1.807, 2.05) is 30.3 Å². The van der Waals surface area contributed by atoms with Crippen LogP contribution in [0.2, 0.25) is 0 Å². The molecule has 1 saturated heterocycles. The van der Waals surface area contributed by atoms with Crippen LogP contribution >= 0.6 is 0 Å². The van der Waals surface area contributed by atoms with Crippen LogP contribution in [0.5, 0.6) is 5.75 Å². The number of carbonyl (C=O) groups is 1. The Balaban J connectivity index is 1.56. The average Bonchev–Trinajstić information content (AvgIpc) is 3.11. The van der Waals surface area contributed by atoms with Gasteiger partial charge in [-0.05, 0) is 69.1 Å². The summed E-state index contributed by atoms with van der Waals surface area (Å²) in [5, 5.41) is 2.98. The fourth-order valence-electron chi connectivity index (χ4n) is 4.18. The molecule has 0 radical (unpaired) electrons. The maximum absolute atomic E-state index is 12.7. The Bertz CT molecular complexity index is 1030. The fourth-order valence-corrected chi connectivity index (χ4v) is 4.18. The van der Waals surface area contributed by atoms with Gasteiger partial charge < -0.3 is 14.6 Å². The Hall–Kier alpha value is -2.86. The first kappa shape index (κ1) is 20.4. The van der Waals surface area contributed by atoms with Crippen LogP contribution in [0.4, 0.5) is 5.69 Å². The molecule has 30 heavy (non-hydrogen) atoms. The number of ether oxygens (including phenoxy) is 1. The van der Waals surface area contributed by atoms with Gasteiger partial charge in [0, 0.05) is 12.2 Å². The van der Waals surface area contributed by atoms with E-state index < -0.39 is 0 Å². The van der Waals surface area contributed by atoms with Crippen LogP contribution < -0.4 is 10.1 Å². The molecule has 6 heteroatoms. The normalized spacial score (nSPS) is 15.4. The van der Waals surface area contributed by atoms with Crippen molar-refractivity contribution in [3.05, 3.63) is 53.9 Å². The lowest BCUT2D eigenvalue weighted by Gasteiger charge is -2.29. The van der Waals surface area contributed by atoms with Crippen LogP contribution in [0, 0.1) is 5.92 Å². The molecule has 1 aliphatic heterocycles. The summed E-state index contributed by atoms with van der Waals surface area (Å²) in [6, 6.07) is 13.2. The maximum Gasteiger partial charge on any atom is 0.259 e. The molecule has 3 aromatic rings. The summed E-state index contributed by atoms with van der Waals surface area (Å²) < 4.78 is 7.58. The standard InChI is InChI=1S/C24H30N4O2/c1-4-28-21-10-9-18(25-24(29)19-7-5-6-8-22(19)30-3)15-20(21)26-23(28)16-27-13-11-17(2)12-14-27/h5-10,15,17H,4,11-14,16H2,1-3H3,(H,25,29). The van der Waals surface area contributed by atoms with Crippen molar-refractivity contribution in [2.75, 3.05) is 25.5 Å². The number of fused-ring (bicyclic) bond motifs is 1. The Morgan fingerprint density at radius 2 is 1.97 bits per heavy atom. The monoisotopic (exact) mass is 406 g/mol. The number of nitrogens with zero attached hydrogens (tertiary/aromatic N) is 3. The summed E-state index contributed by atoms with van der Waals surface area (Å²) in [6.45, 7) is 8.50. The van der Waals surface area contributed by atoms with Crippen LogP contribution in [0.25, 0.3) is 11.0 Å². The van der Waals surface area contributed by atoms with Gasteiger partial charge in [0.15, 0.2) is 0 Å². The number of carbonyl (C=O) groups excluding carboxylic acids is 1. The maximum atomic E-state index is 12.7. The quantitative estimate of drug-likeness (QED) is 0.652. The van der Waals surface area contributed by atoms with Gasteiger partial charge in [-0.25, -0.2) is 4.98 Å². The zero-order chi connectivity index (χ0) is 21.1. The minimum Gasteiger partial charge on any atom is -0.496 e. The fraction of sp³-hybridized carbons (Fsp3) is 0.417. The number of para-hydroxylation sites is 1. The van der Waals surface area contributed by atoms with Gasteiger partial charge in [-0.15, -0.1) is 0 Å². The lowest BCUT2D eigenvalue weighted by Crippen LogP contribution is -2.33. The largest absolute Gasteiger partial charge is 0.496 e. The average molecular weight is 407 g/mol. The third-order valence-corrected chi connectivity index (χ3v) is 5.99. The molecule has 0 atom stereocenters. The number of hydrogen-bond donors (Lipinski definition) is 1. The van der Waals surface area contributed by atoms with Gasteiger partial charge in [0.2, 0.25) is 0 Å². The van der Waals surface area contributed by atoms with E-state index in [9.17, 15) is 4.79 Å². The number of aryl methyl sites for hydroxylation is 1. The summed E-state index contributed by atoms with van der Waals surface area (Å²) in [6.07, 6.45) is 2.51. The summed E-state index contributed by atoms with van der Waals surface area (Å²) in [7, 11) is 1.57. The number of likely N-dealkylation sites (tertiary alicyclic amines) is 1. The van der Waals surface area contributed by atoms with Crippen molar-refractivity contribution in [3.63, 3.8) is 0 Å². The van der Waals surface area contributed by atoms with E-state index in [1.165, 1.54) is 12.8 Å². The van der Waals surface area contributed by atoms with Crippen molar-refractivity contribution in [1.82, 2.24) is 14.5 Å². The third-order valence-electron chi connectivity index (χ3n) is 5.99. The van der Waals surface area contributed by atoms with Gasteiger partial charge in [0.05, 0.1) is 30.3 Å². The van der Waals surface area contributed by atoms with Gasteiger partial charge in [0.25, 0.3) is 5.91 Å². The second-order valence-electron chi connectivity index (χ2n) is 8.09. The number of nitrogens with one attached hydrogen (secondary N) is 1. The molecule has 1 aliphatic rings. The van der Waals surface area contributed by atoms with Crippen molar-refractivity contribution >= 4 is 22.6 Å². The molecule has 1 N–H and O–H groups in total. The predicted molar refractivity (Wildman–Crippen MR) is 120 cm³/mol. The van der Waals surface area contributed by atoms with Gasteiger partial charge in [-0.2, -0.15) is 0 Å². The highest BCUT2D eigenvalue weighted by atomic mass is 16.5. The molecule has 1 fully saturated rings. The zero-order valence-corrected chi connectivity index (χ0v) is 18.0. The molecule has 0 spiro atoms. The molecule has 0 bridgehead atoms. The molecule has 158 valence electrons. The van der Waals surface area contributed by atoms with E-state index in [0.29, 0.717) is 11.3 Å². The lowest BCUT2D eigenvalue weighted by molar-refractivity contribution is 0.102. The molecule has 2 heterocycles. The van der Waals surface area contributed by atoms with Crippen molar-refractivity contribution < 1.29 is 9.53 Å². The van der Waals surface area contributed by atoms with Crippen molar-refractivity contribution in [2.45, 2.75) is 39.8 Å². The van der Waals surface area contributed by atoms with E-state index in [2.05, 4.69) is 28.6 Å². The first-order valence-electron chi connectivity index (χ1n) is 10.7. The van der Waals surface area contributed by atoms with Gasteiger partial charge in [-0.3, -0.25) is 9.69 Å². The Morgan fingerprint density at radius 1 is 1.20 bits per heavy atom. The molecular weight excluding hydrogens is 376 g/mol. The van der Waals surface area contributed by atoms with Crippen molar-refractivity contribution in [2.24, 2.45) is 5.92 Å². The van der Waals surface area contributed by atoms with E-state index in [0.717, 1.165) is 54.6 Å². The van der Waals surface area contributed by atoms with Crippen LogP contribution in [0.3, 0.4) is 0 Å². The highest BCUT2D eigenvalue weighted by Gasteiger charge is 2.19. The highest BCUT2D eigenvalue weighted by molar-refractivity contribution is 6.06. The van der Waals surface area contributed by atoms with E-state index in [4.69, 9.17) is 9.72 Å². The summed E-state index contributed by atoms with van der Waals surface area (Å²) in [5.41, 5.74) is 3.26. The number of imidazole rings is 1. The summed E-state index contributed by atoms with van der Waals surface area (Å²) >= 11 is 0. The lowest BCUT2D eigenvalue weighted by atomic mass is 9.99. The molecule has 1 amide bonds. The Morgan fingerprint density at radius 3 is 2.70 bits per heavy atom. The van der Waals surface area contributed by atoms with Gasteiger partial charge >= 0.3 is 0 Å². The van der Waals surface area contributed by atoms with Crippen LogP contribution in [0.1, 0.15) is 42.9 Å². The number of benzene rings is 2. The van der Waals surface area contributed by atoms with Crippen LogP contribution in [-0.2, 0) is 13.1 Å². The van der Waals surface area contributed by atoms with Gasteiger partial charge in [-0.1, -0.05) is 19.1 Å². The molecule has 4 rings (SSSR count). The molecule has 0 unspecified atom stereocenters. The first-order valence-corrected chi connectivity index (χ1v) is 10.7. The zero-order valence-electron chi connectivity index (χ0n) is 18.0. The highest BCUT2D eigenvalue weighted by Crippen LogP contribution is 2.25. The van der Waals surface area contributed by atoms with E-state index >= 15 is 0 Å². The van der Waals surface area contributed by atoms with E-state index in [1.54, 1.807) is 19.2 Å². The Kier molecular flexibility index (Phi) is 6.04. The Labute approximate surface area is 177 Å². The second-order valence-corrected chi connectivity index (χ2v) is 8.09. The molecule has 0 saturated carbocycles. The number of piperidine rings is 1. The summed E-state index contributed by atoms with van der Waals surface area (Å²) in [5.74, 6) is 2.28. The topological polar surface area (TPSA) is 59.4 Å². The van der Waals surface area contributed by atoms with Crippen LogP contribution in [0.15, 0.2) is 42.5 Å². The molecule has 6 nitrogen and oxygen atoms in total. The predicted octanol–water partition coefficient (Wildman–Crippen LogP) is 4.55. The summed E-state index contributed by atoms with van der Waals surface area (Å²) in [4.78, 5) is 20.1. The van der Waals surface area contributed by atoms with Crippen molar-refractivity contribution in [3.8, 4) is 5.75 Å². The van der Waals surface area contributed by atoms with E-state index in [-0.39, 0.29) is 5.91 Å². The SMILES string of the molecule is CCn1c(CN2CCC(C)CC2)nc2cc(NC(=O)c3ccccc3OC)ccc21. The van der Waals surface area contributed by atoms with Crippen molar-refractivity contribution in [1.29, 1.82) is 0 Å². The molecule has 0 aliphatic carbocycles. The third kappa shape index (κ3) is 4.19. The first-order chi connectivity index (χ1) is 14.6. The molecule has 2 aromatic carbocycles. The number of hydrogen-bond acceptors (Lipinski definition) is 4. The van der Waals surface area contributed by atoms with Gasteiger partial charge in [0.1, 0.15) is 11.6 Å². The number of rotatable bonds is 6. The number of anilines is 1. The number of amides is 1. The van der Waals surface area contributed by atoms with Crippen LogP contribution in [-0.4, -0.2) is 40.6 Å². The molecule has 1 aromatic heterocycles. The number of aromatic nitrogens is 2. The smallest absolute Gasteiger partial charge is 0.259 e. The molecular formula is C24H30N4O2. The minimum atomic E-state index is -0.190. The number of methoxy groups -OCH3 is 1.